The van der Waals surface area contributed by atoms with E-state index in [4.69, 9.17) is 4.74 Å². The van der Waals surface area contributed by atoms with Crippen molar-refractivity contribution in [3.63, 3.8) is 0 Å². The molecule has 4 heterocycles. The maximum atomic E-state index is 13.3. The fourth-order valence-corrected chi connectivity index (χ4v) is 5.02. The van der Waals surface area contributed by atoms with Gasteiger partial charge in [0.1, 0.15) is 6.04 Å². The van der Waals surface area contributed by atoms with Crippen LogP contribution in [0.3, 0.4) is 0 Å². The maximum absolute atomic E-state index is 13.3. The smallest absolute Gasteiger partial charge is 0.253 e. The summed E-state index contributed by atoms with van der Waals surface area (Å²) in [6, 6.07) is 7.84. The second kappa shape index (κ2) is 8.51. The van der Waals surface area contributed by atoms with Crippen LogP contribution in [0.5, 0.6) is 0 Å². The molecule has 5 rings (SSSR count). The predicted octanol–water partition coefficient (Wildman–Crippen LogP) is 2.82. The molecule has 2 fully saturated rings. The highest BCUT2D eigenvalue weighted by molar-refractivity contribution is 5.79. The van der Waals surface area contributed by atoms with Gasteiger partial charge in [0.25, 0.3) is 5.56 Å². The van der Waals surface area contributed by atoms with Crippen molar-refractivity contribution in [3.8, 4) is 0 Å². The van der Waals surface area contributed by atoms with Gasteiger partial charge in [0.05, 0.1) is 12.6 Å². The topological polar surface area (TPSA) is 88.9 Å². The van der Waals surface area contributed by atoms with Crippen molar-refractivity contribution in [2.24, 2.45) is 5.92 Å². The van der Waals surface area contributed by atoms with E-state index in [0.717, 1.165) is 61.2 Å². The van der Waals surface area contributed by atoms with Crippen molar-refractivity contribution < 1.29 is 4.74 Å². The summed E-state index contributed by atoms with van der Waals surface area (Å²) in [6.07, 6.45) is 4.52. The van der Waals surface area contributed by atoms with E-state index >= 15 is 0 Å². The van der Waals surface area contributed by atoms with E-state index in [1.165, 1.54) is 6.42 Å². The third-order valence-corrected chi connectivity index (χ3v) is 6.58. The maximum Gasteiger partial charge on any atom is 0.253 e. The number of aromatic nitrogens is 5. The number of nitrogens with zero attached hydrogens (tertiary/aromatic N) is 5. The molecular formula is C23H30N6O2. The number of hydrogen-bond donors (Lipinski definition) is 1. The first-order valence-corrected chi connectivity index (χ1v) is 11.3. The number of pyridine rings is 1. The molecule has 0 bridgehead atoms. The minimum Gasteiger partial charge on any atom is -0.376 e. The number of aromatic amines is 1. The molecule has 8 nitrogen and oxygen atoms in total. The van der Waals surface area contributed by atoms with Gasteiger partial charge >= 0.3 is 0 Å². The van der Waals surface area contributed by atoms with Crippen LogP contribution in [-0.4, -0.2) is 55.9 Å². The van der Waals surface area contributed by atoms with Crippen LogP contribution in [0, 0.1) is 12.8 Å². The quantitative estimate of drug-likeness (QED) is 0.680. The van der Waals surface area contributed by atoms with E-state index < -0.39 is 0 Å². The molecule has 0 saturated carbocycles. The van der Waals surface area contributed by atoms with Crippen LogP contribution >= 0.6 is 0 Å². The Balaban J connectivity index is 1.60. The molecule has 3 atom stereocenters. The molecule has 1 aromatic carbocycles. The molecule has 0 aliphatic carbocycles. The van der Waals surface area contributed by atoms with Crippen molar-refractivity contribution in [1.29, 1.82) is 0 Å². The molecule has 0 amide bonds. The van der Waals surface area contributed by atoms with Gasteiger partial charge in [-0.1, -0.05) is 18.6 Å². The average molecular weight is 423 g/mol. The van der Waals surface area contributed by atoms with E-state index in [1.807, 2.05) is 22.9 Å². The Kier molecular flexibility index (Phi) is 5.58. The summed E-state index contributed by atoms with van der Waals surface area (Å²) in [7, 11) is 0. The summed E-state index contributed by atoms with van der Waals surface area (Å²) in [6.45, 7) is 7.59. The van der Waals surface area contributed by atoms with Crippen LogP contribution in [0.1, 0.15) is 55.6 Å². The third kappa shape index (κ3) is 4.14. The molecule has 8 heteroatoms. The van der Waals surface area contributed by atoms with E-state index in [9.17, 15) is 4.79 Å². The van der Waals surface area contributed by atoms with Crippen LogP contribution in [0.4, 0.5) is 0 Å². The number of nitrogens with one attached hydrogen (secondary N) is 1. The highest BCUT2D eigenvalue weighted by Crippen LogP contribution is 2.31. The van der Waals surface area contributed by atoms with Gasteiger partial charge in [0, 0.05) is 24.2 Å². The molecule has 0 spiro atoms. The molecule has 2 aliphatic rings. The molecule has 2 saturated heterocycles. The van der Waals surface area contributed by atoms with Gasteiger partial charge in [-0.15, -0.1) is 5.10 Å². The first kappa shape index (κ1) is 20.3. The summed E-state index contributed by atoms with van der Waals surface area (Å²) in [4.78, 5) is 18.7. The number of hydrogen-bond acceptors (Lipinski definition) is 6. The van der Waals surface area contributed by atoms with Crippen LogP contribution in [0.15, 0.2) is 29.1 Å². The second-order valence-electron chi connectivity index (χ2n) is 9.14. The Morgan fingerprint density at radius 3 is 2.97 bits per heavy atom. The molecular weight excluding hydrogens is 392 g/mol. The standard InChI is InChI=1S/C23H30N6O2/c1-15-7-8-20-17(11-15)12-19(23(30)24-20)21(28-9-3-5-16(2)13-28)22-25-26-27-29(22)14-18-6-4-10-31-18/h7-8,11-12,16,18,21H,3-6,9-10,13-14H2,1-2H3,(H,24,30)/t16-,18-,21+/m0/s1. The zero-order valence-corrected chi connectivity index (χ0v) is 18.3. The lowest BCUT2D eigenvalue weighted by Gasteiger charge is -2.36. The van der Waals surface area contributed by atoms with Gasteiger partial charge in [-0.25, -0.2) is 4.68 Å². The Morgan fingerprint density at radius 1 is 1.26 bits per heavy atom. The highest BCUT2D eigenvalue weighted by atomic mass is 16.5. The number of ether oxygens (including phenoxy) is 1. The van der Waals surface area contributed by atoms with Crippen molar-refractivity contribution >= 4 is 10.9 Å². The van der Waals surface area contributed by atoms with Gasteiger partial charge < -0.3 is 9.72 Å². The summed E-state index contributed by atoms with van der Waals surface area (Å²) >= 11 is 0. The molecule has 0 radical (unpaired) electrons. The van der Waals surface area contributed by atoms with E-state index in [0.29, 0.717) is 18.0 Å². The van der Waals surface area contributed by atoms with Gasteiger partial charge in [0.15, 0.2) is 5.82 Å². The van der Waals surface area contributed by atoms with Crippen molar-refractivity contribution in [1.82, 2.24) is 30.1 Å². The molecule has 3 aromatic rings. The number of tetrazole rings is 1. The number of benzene rings is 1. The molecule has 164 valence electrons. The summed E-state index contributed by atoms with van der Waals surface area (Å²) in [5.41, 5.74) is 2.64. The van der Waals surface area contributed by atoms with Crippen LogP contribution in [-0.2, 0) is 11.3 Å². The number of H-pyrrole nitrogens is 1. The third-order valence-electron chi connectivity index (χ3n) is 6.58. The van der Waals surface area contributed by atoms with Crippen LogP contribution in [0.2, 0.25) is 0 Å². The molecule has 2 aliphatic heterocycles. The molecule has 1 N–H and O–H groups in total. The van der Waals surface area contributed by atoms with Gasteiger partial charge in [-0.3, -0.25) is 9.69 Å². The minimum absolute atomic E-state index is 0.0776. The molecule has 0 unspecified atom stereocenters. The van der Waals surface area contributed by atoms with Gasteiger partial charge in [-0.2, -0.15) is 0 Å². The molecule has 31 heavy (non-hydrogen) atoms. The number of fused-ring (bicyclic) bond motifs is 1. The predicted molar refractivity (Wildman–Crippen MR) is 118 cm³/mol. The van der Waals surface area contributed by atoms with E-state index in [2.05, 4.69) is 45.3 Å². The van der Waals surface area contributed by atoms with E-state index in [-0.39, 0.29) is 17.7 Å². The first-order chi connectivity index (χ1) is 15.1. The van der Waals surface area contributed by atoms with Crippen molar-refractivity contribution in [3.05, 3.63) is 51.6 Å². The lowest BCUT2D eigenvalue weighted by Crippen LogP contribution is -2.41. The van der Waals surface area contributed by atoms with Gasteiger partial charge in [-0.05, 0) is 79.1 Å². The van der Waals surface area contributed by atoms with Gasteiger partial charge in [0.2, 0.25) is 0 Å². The lowest BCUT2D eigenvalue weighted by molar-refractivity contribution is 0.0889. The summed E-state index contributed by atoms with van der Waals surface area (Å²) in [5, 5.41) is 13.7. The van der Waals surface area contributed by atoms with E-state index in [1.54, 1.807) is 0 Å². The number of likely N-dealkylation sites (tertiary alicyclic amines) is 1. The average Bonchev–Trinajstić information content (AvgIpc) is 3.42. The number of aryl methyl sites for hydroxylation is 1. The SMILES string of the molecule is Cc1ccc2[nH]c(=O)c([C@H](c3nnnn3C[C@@H]3CCCO3)N3CCC[C@H](C)C3)cc2c1. The Labute approximate surface area is 181 Å². The Hall–Kier alpha value is -2.58. The fourth-order valence-electron chi connectivity index (χ4n) is 5.02. The summed E-state index contributed by atoms with van der Waals surface area (Å²) < 4.78 is 7.67. The zero-order chi connectivity index (χ0) is 21.4. The monoisotopic (exact) mass is 422 g/mol. The molecule has 2 aromatic heterocycles. The number of piperidine rings is 1. The highest BCUT2D eigenvalue weighted by Gasteiger charge is 2.33. The fraction of sp³-hybridized carbons (Fsp3) is 0.565. The van der Waals surface area contributed by atoms with Crippen molar-refractivity contribution in [2.75, 3.05) is 19.7 Å². The Bertz CT molecular complexity index is 1120. The summed E-state index contributed by atoms with van der Waals surface area (Å²) in [5.74, 6) is 1.29. The normalized spacial score (nSPS) is 23.4. The largest absolute Gasteiger partial charge is 0.376 e. The zero-order valence-electron chi connectivity index (χ0n) is 18.3. The Morgan fingerprint density at radius 2 is 2.16 bits per heavy atom. The van der Waals surface area contributed by atoms with Crippen molar-refractivity contribution in [2.45, 2.75) is 58.2 Å². The number of rotatable bonds is 5. The van der Waals surface area contributed by atoms with Crippen LogP contribution in [0.25, 0.3) is 10.9 Å². The van der Waals surface area contributed by atoms with Crippen LogP contribution < -0.4 is 5.56 Å². The second-order valence-corrected chi connectivity index (χ2v) is 9.14. The lowest BCUT2D eigenvalue weighted by atomic mass is 9.95. The minimum atomic E-state index is -0.284. The first-order valence-electron chi connectivity index (χ1n) is 11.3.